The number of hydrogen-bond donors (Lipinski definition) is 3. The first kappa shape index (κ1) is 19.0. The molecule has 5 aromatic rings. The molecule has 0 amide bonds. The number of rotatable bonds is 4. The van der Waals surface area contributed by atoms with E-state index in [1.807, 2.05) is 35.9 Å². The van der Waals surface area contributed by atoms with Crippen molar-refractivity contribution in [1.29, 1.82) is 0 Å². The number of aliphatic hydroxyl groups excluding tert-OH is 1. The zero-order chi connectivity index (χ0) is 21.8. The molecule has 32 heavy (non-hydrogen) atoms. The number of aliphatic hydroxyl groups is 1. The van der Waals surface area contributed by atoms with Crippen LogP contribution in [0, 0.1) is 0 Å². The van der Waals surface area contributed by atoms with Gasteiger partial charge in [0.1, 0.15) is 5.01 Å². The van der Waals surface area contributed by atoms with Gasteiger partial charge in [-0.1, -0.05) is 18.2 Å². The summed E-state index contributed by atoms with van der Waals surface area (Å²) < 4.78 is 2.91. The summed E-state index contributed by atoms with van der Waals surface area (Å²) in [6.07, 6.45) is 3.24. The molecule has 1 unspecified atom stereocenters. The maximum absolute atomic E-state index is 11.6. The first-order valence-corrected chi connectivity index (χ1v) is 11.0. The normalized spacial score (nSPS) is 15.7. The third-order valence-corrected chi connectivity index (χ3v) is 6.87. The lowest BCUT2D eigenvalue weighted by molar-refractivity contribution is -0.00972. The Hall–Kier alpha value is -3.76. The largest absolute Gasteiger partial charge is 0.367 e. The van der Waals surface area contributed by atoms with Gasteiger partial charge in [-0.15, -0.1) is 11.3 Å². The third-order valence-electron chi connectivity index (χ3n) is 5.79. The number of aryl methyl sites for hydroxylation is 1. The van der Waals surface area contributed by atoms with Crippen LogP contribution in [0.2, 0.25) is 0 Å². The molecule has 3 N–H and O–H groups in total. The van der Waals surface area contributed by atoms with E-state index in [4.69, 9.17) is 4.98 Å². The maximum Gasteiger partial charge on any atom is 0.248 e. The summed E-state index contributed by atoms with van der Waals surface area (Å²) >= 11 is 1.56. The number of aromatic amines is 2. The Kier molecular flexibility index (Phi) is 4.23. The van der Waals surface area contributed by atoms with Gasteiger partial charge < -0.3 is 14.7 Å². The van der Waals surface area contributed by atoms with Crippen molar-refractivity contribution < 1.29 is 5.11 Å². The smallest absolute Gasteiger partial charge is 0.248 e. The van der Waals surface area contributed by atoms with E-state index < -0.39 is 6.23 Å². The molecule has 0 saturated heterocycles. The lowest BCUT2D eigenvalue weighted by Gasteiger charge is -2.29. The van der Waals surface area contributed by atoms with E-state index >= 15 is 0 Å². The zero-order valence-corrected chi connectivity index (χ0v) is 17.9. The van der Waals surface area contributed by atoms with E-state index in [9.17, 15) is 9.90 Å². The predicted octanol–water partition coefficient (Wildman–Crippen LogP) is 2.63. The average Bonchev–Trinajstić information content (AvgIpc) is 3.47. The van der Waals surface area contributed by atoms with E-state index in [0.29, 0.717) is 13.0 Å². The van der Waals surface area contributed by atoms with Gasteiger partial charge in [-0.3, -0.25) is 14.9 Å². The van der Waals surface area contributed by atoms with E-state index in [0.717, 1.165) is 48.8 Å². The molecule has 0 bridgehead atoms. The highest BCUT2D eigenvalue weighted by molar-refractivity contribution is 7.19. The number of pyridine rings is 1. The average molecular weight is 446 g/mol. The second-order valence-corrected chi connectivity index (χ2v) is 8.88. The summed E-state index contributed by atoms with van der Waals surface area (Å²) in [5, 5.41) is 26.4. The molecule has 1 aliphatic heterocycles. The number of hydrazone groups is 1. The van der Waals surface area contributed by atoms with Crippen molar-refractivity contribution in [2.75, 3.05) is 0 Å². The van der Waals surface area contributed by atoms with Gasteiger partial charge in [0.15, 0.2) is 11.9 Å². The number of nitrogens with zero attached hydrogens (tertiary/aromatic N) is 5. The summed E-state index contributed by atoms with van der Waals surface area (Å²) in [6, 6.07) is 11.1. The van der Waals surface area contributed by atoms with Crippen LogP contribution in [0.25, 0.3) is 21.3 Å². The van der Waals surface area contributed by atoms with Gasteiger partial charge in [-0.25, -0.2) is 4.98 Å². The summed E-state index contributed by atoms with van der Waals surface area (Å²) in [7, 11) is 1.91. The topological polar surface area (TPSA) is 115 Å². The molecule has 0 radical (unpaired) electrons. The van der Waals surface area contributed by atoms with E-state index in [2.05, 4.69) is 20.3 Å². The lowest BCUT2D eigenvalue weighted by atomic mass is 10.1. The molecule has 5 heterocycles. The number of hydrogen-bond acceptors (Lipinski definition) is 7. The van der Waals surface area contributed by atoms with Crippen molar-refractivity contribution in [3.05, 3.63) is 80.5 Å². The van der Waals surface area contributed by atoms with E-state index in [1.54, 1.807) is 34.8 Å². The Bertz CT molecular complexity index is 1560. The highest BCUT2D eigenvalue weighted by Gasteiger charge is 2.30. The zero-order valence-electron chi connectivity index (χ0n) is 17.1. The monoisotopic (exact) mass is 445 g/mol. The van der Waals surface area contributed by atoms with Crippen LogP contribution < -0.4 is 5.56 Å². The van der Waals surface area contributed by atoms with Crippen LogP contribution in [-0.2, 0) is 20.0 Å². The van der Waals surface area contributed by atoms with Crippen LogP contribution >= 0.6 is 11.3 Å². The maximum atomic E-state index is 11.6. The van der Waals surface area contributed by atoms with Gasteiger partial charge in [-0.05, 0) is 17.7 Å². The van der Waals surface area contributed by atoms with Crippen LogP contribution in [0.3, 0.4) is 0 Å². The Morgan fingerprint density at radius 2 is 2.09 bits per heavy atom. The molecule has 1 aliphatic rings. The molecular weight excluding hydrogens is 426 g/mol. The van der Waals surface area contributed by atoms with Crippen LogP contribution in [-0.4, -0.2) is 41.1 Å². The Morgan fingerprint density at radius 1 is 1.22 bits per heavy atom. The second kappa shape index (κ2) is 7.14. The minimum atomic E-state index is -0.891. The summed E-state index contributed by atoms with van der Waals surface area (Å²) in [5.74, 6) is 0. The number of benzene rings is 1. The minimum Gasteiger partial charge on any atom is -0.367 e. The highest BCUT2D eigenvalue weighted by Crippen LogP contribution is 2.37. The van der Waals surface area contributed by atoms with Crippen LogP contribution in [0.1, 0.15) is 33.8 Å². The Morgan fingerprint density at radius 3 is 2.97 bits per heavy atom. The molecule has 9 nitrogen and oxygen atoms in total. The standard InChI is InChI=1S/C22H19N7O2S/c1-28-19-15(20-21(28)26-18(32-20)8-13-5-3-7-17(30)25-13)10-24-29(22(19)31)11-12-4-2-6-16-14(12)9-23-27-16/h2-7,9-10,22,31H,8,11H2,1H3,(H,23,27)(H,25,30). The van der Waals surface area contributed by atoms with Crippen LogP contribution in [0.5, 0.6) is 0 Å². The fraction of sp³-hybridized carbons (Fsp3) is 0.182. The molecule has 1 atom stereocenters. The number of nitrogens with one attached hydrogen (secondary N) is 2. The Balaban J connectivity index is 1.33. The summed E-state index contributed by atoms with van der Waals surface area (Å²) in [6.45, 7) is 0.451. The number of H-pyrrole nitrogens is 2. The quantitative estimate of drug-likeness (QED) is 0.393. The fourth-order valence-corrected chi connectivity index (χ4v) is 5.38. The van der Waals surface area contributed by atoms with Gasteiger partial charge in [0.05, 0.1) is 34.9 Å². The van der Waals surface area contributed by atoms with Crippen molar-refractivity contribution >= 4 is 38.8 Å². The van der Waals surface area contributed by atoms with Crippen LogP contribution in [0.15, 0.2) is 52.5 Å². The summed E-state index contributed by atoms with van der Waals surface area (Å²) in [4.78, 5) is 19.2. The summed E-state index contributed by atoms with van der Waals surface area (Å²) in [5.41, 5.74) is 5.14. The molecule has 160 valence electrons. The molecule has 4 aromatic heterocycles. The third kappa shape index (κ3) is 2.95. The number of fused-ring (bicyclic) bond motifs is 4. The predicted molar refractivity (Wildman–Crippen MR) is 123 cm³/mol. The van der Waals surface area contributed by atoms with Gasteiger partial charge >= 0.3 is 0 Å². The SMILES string of the molecule is Cn1c2c(c3sc(Cc4cccc(=O)[nH]4)nc31)C=NN(Cc1cccc3[nH]ncc13)C2O. The first-order chi connectivity index (χ1) is 15.6. The Labute approximate surface area is 185 Å². The second-order valence-electron chi connectivity index (χ2n) is 7.80. The first-order valence-electron chi connectivity index (χ1n) is 10.1. The molecule has 1 aromatic carbocycles. The highest BCUT2D eigenvalue weighted by atomic mass is 32.1. The van der Waals surface area contributed by atoms with Crippen molar-refractivity contribution in [3.63, 3.8) is 0 Å². The van der Waals surface area contributed by atoms with Crippen molar-refractivity contribution in [2.45, 2.75) is 19.2 Å². The van der Waals surface area contributed by atoms with Crippen molar-refractivity contribution in [2.24, 2.45) is 12.1 Å². The minimum absolute atomic E-state index is 0.123. The molecule has 10 heteroatoms. The van der Waals surface area contributed by atoms with Crippen molar-refractivity contribution in [1.82, 2.24) is 29.7 Å². The lowest BCUT2D eigenvalue weighted by Crippen LogP contribution is -2.29. The molecule has 6 rings (SSSR count). The van der Waals surface area contributed by atoms with Gasteiger partial charge in [0.25, 0.3) is 0 Å². The van der Waals surface area contributed by atoms with Gasteiger partial charge in [0.2, 0.25) is 5.56 Å². The van der Waals surface area contributed by atoms with E-state index in [1.165, 1.54) is 6.07 Å². The molecule has 0 aliphatic carbocycles. The van der Waals surface area contributed by atoms with E-state index in [-0.39, 0.29) is 5.56 Å². The fourth-order valence-electron chi connectivity index (χ4n) is 4.25. The molecule has 0 spiro atoms. The number of thiazole rings is 1. The molecular formula is C22H19N7O2S. The van der Waals surface area contributed by atoms with Gasteiger partial charge in [0, 0.05) is 36.2 Å². The number of aromatic nitrogens is 5. The van der Waals surface area contributed by atoms with Gasteiger partial charge in [-0.2, -0.15) is 10.2 Å². The van der Waals surface area contributed by atoms with Crippen molar-refractivity contribution in [3.8, 4) is 0 Å². The molecule has 0 fully saturated rings. The van der Waals surface area contributed by atoms with Crippen LogP contribution in [0.4, 0.5) is 0 Å². The molecule has 0 saturated carbocycles.